The van der Waals surface area contributed by atoms with Gasteiger partial charge < -0.3 is 10.2 Å². The predicted octanol–water partition coefficient (Wildman–Crippen LogP) is 3.16. The van der Waals surface area contributed by atoms with Crippen molar-refractivity contribution < 1.29 is 22.4 Å². The second-order valence-electron chi connectivity index (χ2n) is 8.50. The topological polar surface area (TPSA) is 90.0 Å². The van der Waals surface area contributed by atoms with Gasteiger partial charge in [0.25, 0.3) is 0 Å². The van der Waals surface area contributed by atoms with E-state index in [1.165, 1.54) is 37.2 Å². The number of hydrogen-bond acceptors (Lipinski definition) is 4. The molecule has 0 spiro atoms. The Kier molecular flexibility index (Phi) is 10.2. The summed E-state index contributed by atoms with van der Waals surface area (Å²) in [5.41, 5.74) is 0.537. The van der Waals surface area contributed by atoms with E-state index < -0.39 is 34.5 Å². The fourth-order valence-electron chi connectivity index (χ4n) is 3.50. The van der Waals surface area contributed by atoms with Gasteiger partial charge in [-0.3, -0.25) is 9.59 Å². The third kappa shape index (κ3) is 7.25. The van der Waals surface area contributed by atoms with E-state index in [-0.39, 0.29) is 24.2 Å². The molecule has 0 aromatic heterocycles. The molecule has 0 aliphatic heterocycles. The molecule has 0 fully saturated rings. The molecule has 8 nitrogen and oxygen atoms in total. The third-order valence-electron chi connectivity index (χ3n) is 5.72. The summed E-state index contributed by atoms with van der Waals surface area (Å²) < 4.78 is 42.5. The number of hydrogen-bond donors (Lipinski definition) is 1. The minimum atomic E-state index is -4.21. The van der Waals surface area contributed by atoms with Crippen molar-refractivity contribution in [2.24, 2.45) is 0 Å². The van der Waals surface area contributed by atoms with E-state index >= 15 is 0 Å². The summed E-state index contributed by atoms with van der Waals surface area (Å²) in [7, 11) is -1.59. The van der Waals surface area contributed by atoms with Gasteiger partial charge in [-0.05, 0) is 37.5 Å². The first-order chi connectivity index (χ1) is 16.5. The Morgan fingerprint density at radius 3 is 2.11 bits per heavy atom. The lowest BCUT2D eigenvalue weighted by Crippen LogP contribution is -2.54. The van der Waals surface area contributed by atoms with Crippen LogP contribution in [0, 0.1) is 5.82 Å². The first kappa shape index (κ1) is 28.3. The Labute approximate surface area is 207 Å². The zero-order valence-corrected chi connectivity index (χ0v) is 21.8. The van der Waals surface area contributed by atoms with Crippen LogP contribution in [0.3, 0.4) is 0 Å². The van der Waals surface area contributed by atoms with Gasteiger partial charge in [-0.25, -0.2) is 8.70 Å². The summed E-state index contributed by atoms with van der Waals surface area (Å²) in [6.45, 7) is 5.03. The quantitative estimate of drug-likeness (QED) is 0.479. The van der Waals surface area contributed by atoms with E-state index in [2.05, 4.69) is 5.32 Å². The summed E-state index contributed by atoms with van der Waals surface area (Å²) in [4.78, 5) is 28.1. The second kappa shape index (κ2) is 12.6. The lowest BCUT2D eigenvalue weighted by atomic mass is 10.1. The minimum Gasteiger partial charge on any atom is -0.352 e. The highest BCUT2D eigenvalue weighted by molar-refractivity contribution is 7.90. The first-order valence-corrected chi connectivity index (χ1v) is 13.0. The normalized spacial score (nSPS) is 13.2. The Morgan fingerprint density at radius 1 is 0.971 bits per heavy atom. The minimum absolute atomic E-state index is 0.0886. The van der Waals surface area contributed by atoms with Gasteiger partial charge >= 0.3 is 10.2 Å². The highest BCUT2D eigenvalue weighted by Crippen LogP contribution is 2.24. The van der Waals surface area contributed by atoms with Crippen molar-refractivity contribution >= 4 is 27.7 Å². The van der Waals surface area contributed by atoms with E-state index in [4.69, 9.17) is 0 Å². The van der Waals surface area contributed by atoms with Gasteiger partial charge in [0, 0.05) is 26.7 Å². The van der Waals surface area contributed by atoms with Crippen molar-refractivity contribution in [3.05, 3.63) is 66.0 Å². The maximum atomic E-state index is 14.7. The van der Waals surface area contributed by atoms with Crippen LogP contribution < -0.4 is 9.62 Å². The van der Waals surface area contributed by atoms with Crippen LogP contribution in [0.2, 0.25) is 0 Å². The standard InChI is InChI=1S/C25H35FN4O4S/c1-6-19(3)27-25(32)22(7-2)29(17-20-13-9-8-10-14-20)24(31)18-30(35(33,34)28(4)5)23-16-12-11-15-21(23)26/h8-16,19,22H,6-7,17-18H2,1-5H3,(H,27,32)/t19-,22+/m1/s1. The van der Waals surface area contributed by atoms with E-state index in [1.54, 1.807) is 6.92 Å². The van der Waals surface area contributed by atoms with Gasteiger partial charge in [-0.2, -0.15) is 12.7 Å². The molecular weight excluding hydrogens is 471 g/mol. The lowest BCUT2D eigenvalue weighted by Gasteiger charge is -2.34. The van der Waals surface area contributed by atoms with E-state index in [0.717, 1.165) is 26.7 Å². The molecule has 10 heteroatoms. The monoisotopic (exact) mass is 506 g/mol. The molecule has 35 heavy (non-hydrogen) atoms. The molecule has 0 saturated heterocycles. The van der Waals surface area contributed by atoms with Gasteiger partial charge in [0.05, 0.1) is 5.69 Å². The van der Waals surface area contributed by atoms with Gasteiger partial charge in [0.2, 0.25) is 11.8 Å². The Bertz CT molecular complexity index is 1100. The molecule has 0 heterocycles. The number of rotatable bonds is 12. The fraction of sp³-hybridized carbons (Fsp3) is 0.440. The molecule has 2 amide bonds. The molecule has 0 aliphatic carbocycles. The molecule has 0 aliphatic rings. The Morgan fingerprint density at radius 2 is 1.57 bits per heavy atom. The van der Waals surface area contributed by atoms with Crippen LogP contribution in [0.4, 0.5) is 10.1 Å². The molecule has 192 valence electrons. The number of anilines is 1. The van der Waals surface area contributed by atoms with Gasteiger partial charge in [0.1, 0.15) is 18.4 Å². The predicted molar refractivity (Wildman–Crippen MR) is 135 cm³/mol. The molecule has 0 saturated carbocycles. The van der Waals surface area contributed by atoms with Crippen molar-refractivity contribution in [2.45, 2.75) is 52.2 Å². The molecular formula is C25H35FN4O4S. The SMILES string of the molecule is CC[C@@H](C)NC(=O)[C@H](CC)N(Cc1ccccc1)C(=O)CN(c1ccccc1F)S(=O)(=O)N(C)C. The van der Waals surface area contributed by atoms with Crippen molar-refractivity contribution in [3.8, 4) is 0 Å². The number of benzene rings is 2. The fourth-order valence-corrected chi connectivity index (χ4v) is 4.56. The van der Waals surface area contributed by atoms with E-state index in [1.807, 2.05) is 44.2 Å². The highest BCUT2D eigenvalue weighted by Gasteiger charge is 2.34. The summed E-state index contributed by atoms with van der Waals surface area (Å²) in [6, 6.07) is 13.6. The maximum Gasteiger partial charge on any atom is 0.304 e. The van der Waals surface area contributed by atoms with Crippen molar-refractivity contribution in [2.75, 3.05) is 24.9 Å². The highest BCUT2D eigenvalue weighted by atomic mass is 32.2. The molecule has 0 radical (unpaired) electrons. The molecule has 0 bridgehead atoms. The van der Waals surface area contributed by atoms with Gasteiger partial charge in [-0.15, -0.1) is 0 Å². The van der Waals surface area contributed by atoms with E-state index in [9.17, 15) is 22.4 Å². The average Bonchev–Trinajstić information content (AvgIpc) is 2.83. The Hall–Kier alpha value is -2.98. The summed E-state index contributed by atoms with van der Waals surface area (Å²) in [6.07, 6.45) is 1.04. The van der Waals surface area contributed by atoms with E-state index in [0.29, 0.717) is 6.42 Å². The Balaban J connectivity index is 2.49. The molecule has 2 aromatic carbocycles. The summed E-state index contributed by atoms with van der Waals surface area (Å²) in [5, 5.41) is 2.91. The van der Waals surface area contributed by atoms with Crippen molar-refractivity contribution in [1.29, 1.82) is 0 Å². The number of carbonyl (C=O) groups excluding carboxylic acids is 2. The third-order valence-corrected chi connectivity index (χ3v) is 7.53. The van der Waals surface area contributed by atoms with Crippen LogP contribution >= 0.6 is 0 Å². The first-order valence-electron chi connectivity index (χ1n) is 11.6. The van der Waals surface area contributed by atoms with Crippen molar-refractivity contribution in [3.63, 3.8) is 0 Å². The average molecular weight is 507 g/mol. The largest absolute Gasteiger partial charge is 0.352 e. The summed E-state index contributed by atoms with van der Waals surface area (Å²) in [5.74, 6) is -1.71. The van der Waals surface area contributed by atoms with Crippen LogP contribution in [0.1, 0.15) is 39.2 Å². The maximum absolute atomic E-state index is 14.7. The number of halogens is 1. The number of amides is 2. The molecule has 1 N–H and O–H groups in total. The second-order valence-corrected chi connectivity index (χ2v) is 10.6. The van der Waals surface area contributed by atoms with Crippen LogP contribution in [-0.4, -0.2) is 62.2 Å². The van der Waals surface area contributed by atoms with Crippen LogP contribution in [0.5, 0.6) is 0 Å². The molecule has 2 rings (SSSR count). The summed E-state index contributed by atoms with van der Waals surface area (Å²) >= 11 is 0. The smallest absolute Gasteiger partial charge is 0.304 e. The number of nitrogens with zero attached hydrogens (tertiary/aromatic N) is 3. The van der Waals surface area contributed by atoms with Gasteiger partial charge in [-0.1, -0.05) is 56.3 Å². The zero-order chi connectivity index (χ0) is 26.2. The van der Waals surface area contributed by atoms with Crippen LogP contribution in [0.15, 0.2) is 54.6 Å². The van der Waals surface area contributed by atoms with Crippen LogP contribution in [0.25, 0.3) is 0 Å². The molecule has 2 aromatic rings. The molecule has 0 unspecified atom stereocenters. The van der Waals surface area contributed by atoms with Crippen molar-refractivity contribution in [1.82, 2.24) is 14.5 Å². The van der Waals surface area contributed by atoms with Crippen LogP contribution in [-0.2, 0) is 26.3 Å². The number of carbonyl (C=O) groups is 2. The molecule has 2 atom stereocenters. The van der Waals surface area contributed by atoms with Gasteiger partial charge in [0.15, 0.2) is 0 Å². The lowest BCUT2D eigenvalue weighted by molar-refractivity contribution is -0.140. The number of nitrogens with one attached hydrogen (secondary N) is 1. The zero-order valence-electron chi connectivity index (χ0n) is 20.9. The number of para-hydroxylation sites is 1.